The van der Waals surface area contributed by atoms with Crippen molar-refractivity contribution >= 4 is 21.6 Å². The Morgan fingerprint density at radius 3 is 2.22 bits per heavy atom. The zero-order chi connectivity index (χ0) is 17.2. The first-order valence-corrected chi connectivity index (χ1v) is 7.58. The molecule has 0 spiro atoms. The van der Waals surface area contributed by atoms with E-state index >= 15 is 0 Å². The molecule has 0 fully saturated rings. The molecule has 0 bridgehead atoms. The minimum absolute atomic E-state index is 0.177. The number of rotatable bonds is 5. The Labute approximate surface area is 129 Å². The molecule has 0 saturated heterocycles. The molecule has 120 valence electrons. The van der Waals surface area contributed by atoms with E-state index < -0.39 is 33.2 Å². The molecule has 0 atom stereocenters. The summed E-state index contributed by atoms with van der Waals surface area (Å²) in [5.41, 5.74) is -0.224. The van der Waals surface area contributed by atoms with E-state index in [2.05, 4.69) is 4.98 Å². The van der Waals surface area contributed by atoms with E-state index in [9.17, 15) is 22.4 Å². The molecule has 0 unspecified atom stereocenters. The molecule has 0 aliphatic heterocycles. The Kier molecular flexibility index (Phi) is 4.32. The highest BCUT2D eigenvalue weighted by molar-refractivity contribution is 7.91. The molecular formula is C14H10FNO6S. The predicted octanol–water partition coefficient (Wildman–Crippen LogP) is 1.70. The van der Waals surface area contributed by atoms with Gasteiger partial charge in [0.1, 0.15) is 10.8 Å². The number of aliphatic hydroxyl groups is 1. The SMILES string of the molecule is O=C(O)/C(O)=C/C(=O)c1ccc(S(=O)(=O)c2ccc(F)cc2)[nH]1. The standard InChI is InChI=1S/C14H10FNO6S/c15-8-1-3-9(4-2-8)23(21,22)13-6-5-10(16-13)11(17)7-12(18)14(19)20/h1-7,16,18H,(H,19,20)/b12-7-. The van der Waals surface area contributed by atoms with Gasteiger partial charge in [0.25, 0.3) is 0 Å². The lowest BCUT2D eigenvalue weighted by Crippen LogP contribution is -2.06. The monoisotopic (exact) mass is 339 g/mol. The second-order valence-corrected chi connectivity index (χ2v) is 6.31. The first-order chi connectivity index (χ1) is 10.7. The van der Waals surface area contributed by atoms with Crippen LogP contribution in [0.15, 0.2) is 58.2 Å². The minimum atomic E-state index is -3.99. The number of ketones is 1. The topological polar surface area (TPSA) is 125 Å². The molecule has 2 rings (SSSR count). The van der Waals surface area contributed by atoms with Crippen molar-refractivity contribution in [1.82, 2.24) is 4.98 Å². The number of hydrogen-bond acceptors (Lipinski definition) is 5. The number of H-pyrrole nitrogens is 1. The number of aliphatic carboxylic acids is 1. The summed E-state index contributed by atoms with van der Waals surface area (Å²) in [6, 6.07) is 6.35. The smallest absolute Gasteiger partial charge is 0.371 e. The summed E-state index contributed by atoms with van der Waals surface area (Å²) >= 11 is 0. The average molecular weight is 339 g/mol. The quantitative estimate of drug-likeness (QED) is 0.329. The Morgan fingerprint density at radius 1 is 1.04 bits per heavy atom. The van der Waals surface area contributed by atoms with Gasteiger partial charge in [-0.1, -0.05) is 0 Å². The fraction of sp³-hybridized carbons (Fsp3) is 0. The number of hydrogen-bond donors (Lipinski definition) is 3. The lowest BCUT2D eigenvalue weighted by atomic mass is 10.2. The third-order valence-corrected chi connectivity index (χ3v) is 4.54. The van der Waals surface area contributed by atoms with Crippen molar-refractivity contribution in [3.05, 3.63) is 59.7 Å². The third kappa shape index (κ3) is 3.46. The Bertz CT molecular complexity index is 896. The number of carbonyl (C=O) groups is 2. The van der Waals surface area contributed by atoms with E-state index in [0.29, 0.717) is 6.08 Å². The number of carboxylic acids is 1. The highest BCUT2D eigenvalue weighted by Crippen LogP contribution is 2.20. The highest BCUT2D eigenvalue weighted by Gasteiger charge is 2.21. The number of aromatic amines is 1. The zero-order valence-electron chi connectivity index (χ0n) is 11.4. The van der Waals surface area contributed by atoms with Crippen LogP contribution in [0, 0.1) is 5.82 Å². The summed E-state index contributed by atoms with van der Waals surface area (Å²) in [6.07, 6.45) is 0.447. The van der Waals surface area contributed by atoms with Gasteiger partial charge in [-0.05, 0) is 36.4 Å². The summed E-state index contributed by atoms with van der Waals surface area (Å²) < 4.78 is 37.4. The Balaban J connectivity index is 2.35. The molecule has 9 heteroatoms. The van der Waals surface area contributed by atoms with Gasteiger partial charge < -0.3 is 15.2 Å². The zero-order valence-corrected chi connectivity index (χ0v) is 12.2. The number of allylic oxidation sites excluding steroid dienone is 1. The number of aliphatic hydroxyl groups excluding tert-OH is 1. The van der Waals surface area contributed by atoms with Crippen LogP contribution >= 0.6 is 0 Å². The van der Waals surface area contributed by atoms with Gasteiger partial charge in [0.15, 0.2) is 0 Å². The molecule has 7 nitrogen and oxygen atoms in total. The molecule has 2 aromatic rings. The fourth-order valence-electron chi connectivity index (χ4n) is 1.68. The summed E-state index contributed by atoms with van der Waals surface area (Å²) in [5.74, 6) is -4.37. The van der Waals surface area contributed by atoms with Crippen LogP contribution in [0.25, 0.3) is 0 Å². The van der Waals surface area contributed by atoms with Crippen molar-refractivity contribution in [3.8, 4) is 0 Å². The number of nitrogens with one attached hydrogen (secondary N) is 1. The first kappa shape index (κ1) is 16.4. The molecule has 0 saturated carbocycles. The molecule has 0 amide bonds. The van der Waals surface area contributed by atoms with Gasteiger partial charge in [0.05, 0.1) is 10.6 Å². The number of carboxylic acid groups (broad SMARTS) is 1. The Morgan fingerprint density at radius 2 is 1.65 bits per heavy atom. The first-order valence-electron chi connectivity index (χ1n) is 6.10. The second kappa shape index (κ2) is 6.05. The van der Waals surface area contributed by atoms with Crippen LogP contribution in [0.2, 0.25) is 0 Å². The van der Waals surface area contributed by atoms with Crippen molar-refractivity contribution in [2.75, 3.05) is 0 Å². The maximum Gasteiger partial charge on any atom is 0.371 e. The maximum absolute atomic E-state index is 12.8. The molecular weight excluding hydrogens is 329 g/mol. The molecule has 1 aromatic carbocycles. The maximum atomic E-state index is 12.8. The molecule has 3 N–H and O–H groups in total. The van der Waals surface area contributed by atoms with Crippen molar-refractivity contribution in [2.45, 2.75) is 9.92 Å². The molecule has 23 heavy (non-hydrogen) atoms. The van der Waals surface area contributed by atoms with E-state index in [4.69, 9.17) is 10.2 Å². The van der Waals surface area contributed by atoms with Gasteiger partial charge in [-0.2, -0.15) is 0 Å². The lowest BCUT2D eigenvalue weighted by molar-refractivity contribution is -0.135. The number of halogens is 1. The average Bonchev–Trinajstić information content (AvgIpc) is 2.98. The van der Waals surface area contributed by atoms with E-state index in [1.54, 1.807) is 0 Å². The van der Waals surface area contributed by atoms with Gasteiger partial charge in [0.2, 0.25) is 21.4 Å². The highest BCUT2D eigenvalue weighted by atomic mass is 32.2. The van der Waals surface area contributed by atoms with Crippen LogP contribution < -0.4 is 0 Å². The van der Waals surface area contributed by atoms with Crippen LogP contribution in [0.5, 0.6) is 0 Å². The van der Waals surface area contributed by atoms with Crippen LogP contribution in [-0.2, 0) is 14.6 Å². The molecule has 0 aliphatic carbocycles. The number of sulfone groups is 1. The van der Waals surface area contributed by atoms with Gasteiger partial charge in [0, 0.05) is 6.08 Å². The normalized spacial score (nSPS) is 12.1. The van der Waals surface area contributed by atoms with Crippen molar-refractivity contribution in [2.24, 2.45) is 0 Å². The van der Waals surface area contributed by atoms with Gasteiger partial charge >= 0.3 is 5.97 Å². The summed E-state index contributed by atoms with van der Waals surface area (Å²) in [7, 11) is -3.99. The van der Waals surface area contributed by atoms with Crippen molar-refractivity contribution < 1.29 is 32.6 Å². The van der Waals surface area contributed by atoms with Crippen LogP contribution in [0.1, 0.15) is 10.5 Å². The van der Waals surface area contributed by atoms with Crippen LogP contribution in [0.3, 0.4) is 0 Å². The summed E-state index contributed by atoms with van der Waals surface area (Å²) in [6.45, 7) is 0. The molecule has 0 radical (unpaired) electrons. The summed E-state index contributed by atoms with van der Waals surface area (Å²) in [5, 5.41) is 17.2. The summed E-state index contributed by atoms with van der Waals surface area (Å²) in [4.78, 5) is 24.3. The van der Waals surface area contributed by atoms with E-state index in [1.807, 2.05) is 0 Å². The van der Waals surface area contributed by atoms with Gasteiger partial charge in [-0.3, -0.25) is 4.79 Å². The second-order valence-electron chi connectivity index (χ2n) is 4.39. The van der Waals surface area contributed by atoms with E-state index in [-0.39, 0.29) is 15.6 Å². The largest absolute Gasteiger partial charge is 0.502 e. The van der Waals surface area contributed by atoms with E-state index in [0.717, 1.165) is 36.4 Å². The molecule has 0 aliphatic rings. The Hall–Kier alpha value is -2.94. The van der Waals surface area contributed by atoms with Gasteiger partial charge in [-0.25, -0.2) is 17.6 Å². The number of carbonyl (C=O) groups excluding carboxylic acids is 1. The molecule has 1 aromatic heterocycles. The molecule has 1 heterocycles. The van der Waals surface area contributed by atoms with Crippen LogP contribution in [0.4, 0.5) is 4.39 Å². The van der Waals surface area contributed by atoms with Crippen molar-refractivity contribution in [1.29, 1.82) is 0 Å². The predicted molar refractivity (Wildman–Crippen MR) is 75.3 cm³/mol. The minimum Gasteiger partial charge on any atom is -0.502 e. The van der Waals surface area contributed by atoms with Gasteiger partial charge in [-0.15, -0.1) is 0 Å². The third-order valence-electron chi connectivity index (χ3n) is 2.83. The van der Waals surface area contributed by atoms with Crippen molar-refractivity contribution in [3.63, 3.8) is 0 Å². The van der Waals surface area contributed by atoms with E-state index in [1.165, 1.54) is 0 Å². The van der Waals surface area contributed by atoms with Crippen LogP contribution in [-0.4, -0.2) is 35.4 Å². The fourth-order valence-corrected chi connectivity index (χ4v) is 2.92. The lowest BCUT2D eigenvalue weighted by Gasteiger charge is -2.02. The number of benzene rings is 1. The number of aromatic nitrogens is 1.